The summed E-state index contributed by atoms with van der Waals surface area (Å²) in [4.78, 5) is 25.4. The van der Waals surface area contributed by atoms with Crippen LogP contribution in [0, 0.1) is 0 Å². The maximum atomic E-state index is 12.1. The van der Waals surface area contributed by atoms with Crippen molar-refractivity contribution in [2.75, 3.05) is 11.4 Å². The summed E-state index contributed by atoms with van der Waals surface area (Å²) < 4.78 is 0. The summed E-state index contributed by atoms with van der Waals surface area (Å²) in [6.07, 6.45) is 2.46. The Morgan fingerprint density at radius 3 is 2.79 bits per heavy atom. The van der Waals surface area contributed by atoms with Crippen LogP contribution in [-0.4, -0.2) is 23.6 Å². The number of carbonyl (C=O) groups excluding carboxylic acids is 2. The minimum Gasteiger partial charge on any atom is -0.312 e. The van der Waals surface area contributed by atoms with E-state index in [1.54, 1.807) is 17.9 Å². The van der Waals surface area contributed by atoms with E-state index in [2.05, 4.69) is 0 Å². The Labute approximate surface area is 118 Å². The molecule has 1 aliphatic rings. The molecule has 0 spiro atoms. The molecule has 2 rings (SSSR count). The van der Waals surface area contributed by atoms with Gasteiger partial charge in [0.2, 0.25) is 5.91 Å². The molecule has 4 heteroatoms. The molecule has 0 aromatic heterocycles. The zero-order valence-electron chi connectivity index (χ0n) is 11.3. The molecule has 0 fully saturated rings. The summed E-state index contributed by atoms with van der Waals surface area (Å²) in [6, 6.07) is 5.52. The van der Waals surface area contributed by atoms with Crippen molar-refractivity contribution in [1.29, 1.82) is 0 Å². The Morgan fingerprint density at radius 1 is 1.42 bits per heavy atom. The van der Waals surface area contributed by atoms with Crippen LogP contribution in [0.1, 0.15) is 42.6 Å². The first kappa shape index (κ1) is 14.1. The second-order valence-electron chi connectivity index (χ2n) is 4.86. The number of aryl methyl sites for hydroxylation is 1. The van der Waals surface area contributed by atoms with Crippen molar-refractivity contribution >= 4 is 29.0 Å². The van der Waals surface area contributed by atoms with Crippen LogP contribution in [0.4, 0.5) is 5.69 Å². The van der Waals surface area contributed by atoms with Gasteiger partial charge in [-0.1, -0.05) is 6.92 Å². The van der Waals surface area contributed by atoms with E-state index in [4.69, 9.17) is 11.6 Å². The molecule has 0 bridgehead atoms. The third-order valence-corrected chi connectivity index (χ3v) is 4.01. The normalized spacial score (nSPS) is 15.8. The molecule has 0 aliphatic carbocycles. The van der Waals surface area contributed by atoms with E-state index in [1.807, 2.05) is 19.1 Å². The molecule has 1 aliphatic heterocycles. The number of Topliss-reactive ketones (excluding diaryl/α,β-unsaturated/α-hetero) is 1. The molecule has 0 saturated heterocycles. The molecule has 3 nitrogen and oxygen atoms in total. The monoisotopic (exact) mass is 279 g/mol. The predicted molar refractivity (Wildman–Crippen MR) is 77.1 cm³/mol. The van der Waals surface area contributed by atoms with Gasteiger partial charge in [-0.3, -0.25) is 9.59 Å². The number of benzene rings is 1. The van der Waals surface area contributed by atoms with E-state index >= 15 is 0 Å². The molecule has 1 aromatic carbocycles. The second-order valence-corrected chi connectivity index (χ2v) is 5.38. The molecule has 1 atom stereocenters. The fraction of sp³-hybridized carbons (Fsp3) is 0.467. The summed E-state index contributed by atoms with van der Waals surface area (Å²) >= 11 is 6.00. The van der Waals surface area contributed by atoms with Crippen molar-refractivity contribution < 1.29 is 9.59 Å². The van der Waals surface area contributed by atoms with E-state index < -0.39 is 5.38 Å². The van der Waals surface area contributed by atoms with E-state index in [9.17, 15) is 9.59 Å². The molecule has 1 aromatic rings. The standard InChI is InChI=1S/C15H18ClNO2/c1-3-13(16)15(19)12-6-7-14-11(9-12)5-4-8-17(14)10(2)18/h6-7,9,13H,3-5,8H2,1-2H3. The lowest BCUT2D eigenvalue weighted by molar-refractivity contribution is -0.116. The van der Waals surface area contributed by atoms with Crippen molar-refractivity contribution in [3.63, 3.8) is 0 Å². The number of nitrogens with zero attached hydrogens (tertiary/aromatic N) is 1. The number of amides is 1. The lowest BCUT2D eigenvalue weighted by Gasteiger charge is -2.29. The van der Waals surface area contributed by atoms with Crippen molar-refractivity contribution in [3.05, 3.63) is 29.3 Å². The molecule has 0 saturated carbocycles. The van der Waals surface area contributed by atoms with Crippen LogP contribution < -0.4 is 4.90 Å². The maximum absolute atomic E-state index is 12.1. The lowest BCUT2D eigenvalue weighted by Crippen LogP contribution is -2.33. The molecule has 19 heavy (non-hydrogen) atoms. The Kier molecular flexibility index (Phi) is 4.25. The Morgan fingerprint density at radius 2 is 2.16 bits per heavy atom. The first-order valence-corrected chi connectivity index (χ1v) is 7.07. The van der Waals surface area contributed by atoms with Gasteiger partial charge < -0.3 is 4.90 Å². The van der Waals surface area contributed by atoms with E-state index in [-0.39, 0.29) is 11.7 Å². The van der Waals surface area contributed by atoms with Gasteiger partial charge in [0.05, 0.1) is 5.38 Å². The van der Waals surface area contributed by atoms with Crippen LogP contribution in [0.2, 0.25) is 0 Å². The molecule has 1 unspecified atom stereocenters. The Balaban J connectivity index is 2.34. The SMILES string of the molecule is CCC(Cl)C(=O)c1ccc2c(c1)CCCN2C(C)=O. The highest BCUT2D eigenvalue weighted by molar-refractivity contribution is 6.33. The molecule has 0 radical (unpaired) electrons. The smallest absolute Gasteiger partial charge is 0.223 e. The molecule has 0 N–H and O–H groups in total. The quantitative estimate of drug-likeness (QED) is 0.629. The number of fused-ring (bicyclic) bond motifs is 1. The van der Waals surface area contributed by atoms with E-state index in [0.29, 0.717) is 12.0 Å². The van der Waals surface area contributed by atoms with Gasteiger partial charge in [-0.25, -0.2) is 0 Å². The maximum Gasteiger partial charge on any atom is 0.223 e. The van der Waals surface area contributed by atoms with Crippen LogP contribution in [0.25, 0.3) is 0 Å². The number of ketones is 1. The number of rotatable bonds is 3. The number of carbonyl (C=O) groups is 2. The van der Waals surface area contributed by atoms with Crippen LogP contribution in [0.15, 0.2) is 18.2 Å². The first-order chi connectivity index (χ1) is 9.04. The third-order valence-electron chi connectivity index (χ3n) is 3.51. The van der Waals surface area contributed by atoms with Crippen molar-refractivity contribution in [3.8, 4) is 0 Å². The van der Waals surface area contributed by atoms with Gasteiger partial charge in [0.25, 0.3) is 0 Å². The minimum absolute atomic E-state index is 0.0353. The second kappa shape index (κ2) is 5.74. The summed E-state index contributed by atoms with van der Waals surface area (Å²) in [5.74, 6) is 0.00993. The van der Waals surface area contributed by atoms with Gasteiger partial charge in [0.15, 0.2) is 5.78 Å². The largest absolute Gasteiger partial charge is 0.312 e. The predicted octanol–water partition coefficient (Wildman–Crippen LogP) is 3.19. The Bertz CT molecular complexity index is 513. The number of alkyl halides is 1. The van der Waals surface area contributed by atoms with Crippen molar-refractivity contribution in [2.24, 2.45) is 0 Å². The van der Waals surface area contributed by atoms with Gasteiger partial charge in [-0.05, 0) is 43.0 Å². The number of halogens is 1. The summed E-state index contributed by atoms with van der Waals surface area (Å²) in [5.41, 5.74) is 2.64. The molecule has 102 valence electrons. The van der Waals surface area contributed by atoms with Crippen molar-refractivity contribution in [1.82, 2.24) is 0 Å². The van der Waals surface area contributed by atoms with Crippen molar-refractivity contribution in [2.45, 2.75) is 38.5 Å². The van der Waals surface area contributed by atoms with Crippen LogP contribution >= 0.6 is 11.6 Å². The van der Waals surface area contributed by atoms with Crippen LogP contribution in [-0.2, 0) is 11.2 Å². The molecular formula is C15H18ClNO2. The minimum atomic E-state index is -0.467. The number of hydrogen-bond donors (Lipinski definition) is 0. The first-order valence-electron chi connectivity index (χ1n) is 6.64. The molecule has 1 heterocycles. The zero-order valence-corrected chi connectivity index (χ0v) is 12.0. The van der Waals surface area contributed by atoms with Crippen LogP contribution in [0.5, 0.6) is 0 Å². The highest BCUT2D eigenvalue weighted by Crippen LogP contribution is 2.29. The average molecular weight is 280 g/mol. The molecular weight excluding hydrogens is 262 g/mol. The van der Waals surface area contributed by atoms with Gasteiger partial charge >= 0.3 is 0 Å². The summed E-state index contributed by atoms with van der Waals surface area (Å²) in [7, 11) is 0. The number of anilines is 1. The van der Waals surface area contributed by atoms with Crippen LogP contribution in [0.3, 0.4) is 0 Å². The average Bonchev–Trinajstić information content (AvgIpc) is 2.44. The summed E-state index contributed by atoms with van der Waals surface area (Å²) in [6.45, 7) is 4.22. The van der Waals surface area contributed by atoms with E-state index in [0.717, 1.165) is 30.6 Å². The third kappa shape index (κ3) is 2.81. The van der Waals surface area contributed by atoms with Gasteiger partial charge in [-0.2, -0.15) is 0 Å². The van der Waals surface area contributed by atoms with Gasteiger partial charge in [-0.15, -0.1) is 11.6 Å². The Hall–Kier alpha value is -1.35. The fourth-order valence-corrected chi connectivity index (χ4v) is 2.57. The topological polar surface area (TPSA) is 37.4 Å². The summed E-state index contributed by atoms with van der Waals surface area (Å²) in [5, 5.41) is -0.467. The molecule has 1 amide bonds. The highest BCUT2D eigenvalue weighted by atomic mass is 35.5. The fourth-order valence-electron chi connectivity index (χ4n) is 2.44. The van der Waals surface area contributed by atoms with Gasteiger partial charge in [0, 0.05) is 24.7 Å². The lowest BCUT2D eigenvalue weighted by atomic mass is 9.96. The van der Waals surface area contributed by atoms with Gasteiger partial charge in [0.1, 0.15) is 0 Å². The highest BCUT2D eigenvalue weighted by Gasteiger charge is 2.22. The zero-order chi connectivity index (χ0) is 14.0. The van der Waals surface area contributed by atoms with E-state index in [1.165, 1.54) is 0 Å². The number of hydrogen-bond acceptors (Lipinski definition) is 2.